The monoisotopic (exact) mass is 344 g/mol. The van der Waals surface area contributed by atoms with Crippen LogP contribution >= 0.6 is 11.6 Å². The van der Waals surface area contributed by atoms with Gasteiger partial charge in [0, 0.05) is 43.3 Å². The Morgan fingerprint density at radius 3 is 2.54 bits per heavy atom. The van der Waals surface area contributed by atoms with Crippen molar-refractivity contribution < 1.29 is 9.53 Å². The smallest absolute Gasteiger partial charge is 0.253 e. The summed E-state index contributed by atoms with van der Waals surface area (Å²) in [4.78, 5) is 16.8. The third-order valence-electron chi connectivity index (χ3n) is 4.27. The zero-order valence-corrected chi connectivity index (χ0v) is 14.5. The Morgan fingerprint density at radius 2 is 1.83 bits per heavy atom. The molecule has 0 spiro atoms. The van der Waals surface area contributed by atoms with E-state index in [-0.39, 0.29) is 5.91 Å². The van der Waals surface area contributed by atoms with Crippen LogP contribution in [0.4, 0.5) is 0 Å². The predicted octanol–water partition coefficient (Wildman–Crippen LogP) is 3.31. The first-order valence-corrected chi connectivity index (χ1v) is 8.43. The number of hydrogen-bond donors (Lipinski definition) is 0. The molecule has 2 aromatic rings. The van der Waals surface area contributed by atoms with Crippen LogP contribution in [0.1, 0.15) is 15.9 Å². The average molecular weight is 345 g/mol. The number of methoxy groups -OCH3 is 1. The highest BCUT2D eigenvalue weighted by atomic mass is 35.5. The minimum Gasteiger partial charge on any atom is -0.497 e. The summed E-state index contributed by atoms with van der Waals surface area (Å²) in [7, 11) is 1.68. The number of carbonyl (C=O) groups is 1. The van der Waals surface area contributed by atoms with E-state index in [0.717, 1.165) is 38.5 Å². The Labute approximate surface area is 147 Å². The Morgan fingerprint density at radius 1 is 1.08 bits per heavy atom. The van der Waals surface area contributed by atoms with E-state index in [1.54, 1.807) is 19.2 Å². The molecular weight excluding hydrogens is 324 g/mol. The first-order chi connectivity index (χ1) is 11.7. The van der Waals surface area contributed by atoms with Crippen molar-refractivity contribution in [3.05, 3.63) is 64.7 Å². The van der Waals surface area contributed by atoms with Crippen molar-refractivity contribution in [2.45, 2.75) is 6.54 Å². The van der Waals surface area contributed by atoms with Gasteiger partial charge in [-0.25, -0.2) is 0 Å². The predicted molar refractivity (Wildman–Crippen MR) is 95.6 cm³/mol. The number of benzene rings is 2. The molecule has 4 nitrogen and oxygen atoms in total. The van der Waals surface area contributed by atoms with Crippen LogP contribution in [0, 0.1) is 0 Å². The van der Waals surface area contributed by atoms with Gasteiger partial charge in [0.1, 0.15) is 5.75 Å². The molecule has 0 saturated carbocycles. The largest absolute Gasteiger partial charge is 0.497 e. The average Bonchev–Trinajstić information content (AvgIpc) is 2.62. The number of piperazine rings is 1. The second-order valence-corrected chi connectivity index (χ2v) is 6.37. The highest BCUT2D eigenvalue weighted by molar-refractivity contribution is 6.30. The van der Waals surface area contributed by atoms with Crippen LogP contribution in [0.3, 0.4) is 0 Å². The number of halogens is 1. The van der Waals surface area contributed by atoms with E-state index in [4.69, 9.17) is 16.3 Å². The lowest BCUT2D eigenvalue weighted by Crippen LogP contribution is -2.48. The van der Waals surface area contributed by atoms with Gasteiger partial charge >= 0.3 is 0 Å². The number of carbonyl (C=O) groups excluding carboxylic acids is 1. The maximum atomic E-state index is 12.5. The number of ether oxygens (including phenoxy) is 1. The summed E-state index contributed by atoms with van der Waals surface area (Å²) in [5.74, 6) is 0.931. The lowest BCUT2D eigenvalue weighted by atomic mass is 10.1. The Kier molecular flexibility index (Phi) is 5.38. The molecule has 1 amide bonds. The van der Waals surface area contributed by atoms with Crippen molar-refractivity contribution in [3.8, 4) is 5.75 Å². The molecule has 5 heteroatoms. The van der Waals surface area contributed by atoms with Crippen molar-refractivity contribution in [2.75, 3.05) is 33.3 Å². The summed E-state index contributed by atoms with van der Waals surface area (Å²) in [6, 6.07) is 15.3. The molecule has 2 aromatic carbocycles. The molecule has 1 heterocycles. The number of hydrogen-bond acceptors (Lipinski definition) is 3. The van der Waals surface area contributed by atoms with E-state index in [1.807, 2.05) is 29.2 Å². The number of amides is 1. The topological polar surface area (TPSA) is 32.8 Å². The molecule has 1 aliphatic heterocycles. The number of rotatable bonds is 4. The zero-order chi connectivity index (χ0) is 16.9. The molecule has 1 aliphatic rings. The summed E-state index contributed by atoms with van der Waals surface area (Å²) < 4.78 is 5.27. The van der Waals surface area contributed by atoms with Gasteiger partial charge in [-0.3, -0.25) is 9.69 Å². The Bertz CT molecular complexity index is 712. The van der Waals surface area contributed by atoms with Crippen LogP contribution in [0.15, 0.2) is 48.5 Å². The van der Waals surface area contributed by atoms with Crippen molar-refractivity contribution in [1.82, 2.24) is 9.80 Å². The van der Waals surface area contributed by atoms with Gasteiger partial charge in [-0.15, -0.1) is 0 Å². The summed E-state index contributed by atoms with van der Waals surface area (Å²) >= 11 is 5.98. The second-order valence-electron chi connectivity index (χ2n) is 5.93. The van der Waals surface area contributed by atoms with E-state index in [9.17, 15) is 4.79 Å². The minimum atomic E-state index is 0.0542. The maximum Gasteiger partial charge on any atom is 0.253 e. The van der Waals surface area contributed by atoms with Gasteiger partial charge in [0.2, 0.25) is 0 Å². The third kappa shape index (κ3) is 4.08. The standard InChI is InChI=1S/C19H21ClN2O2/c1-24-18-7-2-4-15(12-18)14-21-8-10-22(11-9-21)19(23)16-5-3-6-17(20)13-16/h2-7,12-13H,8-11,14H2,1H3. The fourth-order valence-corrected chi connectivity index (χ4v) is 3.13. The molecule has 1 saturated heterocycles. The Balaban J connectivity index is 1.56. The van der Waals surface area contributed by atoms with Crippen LogP contribution in [-0.2, 0) is 6.54 Å². The van der Waals surface area contributed by atoms with Crippen LogP contribution in [0.5, 0.6) is 5.75 Å². The van der Waals surface area contributed by atoms with Gasteiger partial charge in [-0.1, -0.05) is 29.8 Å². The summed E-state index contributed by atoms with van der Waals surface area (Å²) in [5, 5.41) is 0.595. The summed E-state index contributed by atoms with van der Waals surface area (Å²) in [6.45, 7) is 4.06. The Hall–Kier alpha value is -2.04. The fourth-order valence-electron chi connectivity index (χ4n) is 2.94. The second kappa shape index (κ2) is 7.69. The van der Waals surface area contributed by atoms with E-state index in [1.165, 1.54) is 5.56 Å². The molecule has 0 atom stereocenters. The van der Waals surface area contributed by atoms with Gasteiger partial charge in [0.25, 0.3) is 5.91 Å². The molecular formula is C19H21ClN2O2. The highest BCUT2D eigenvalue weighted by Crippen LogP contribution is 2.17. The van der Waals surface area contributed by atoms with Crippen molar-refractivity contribution in [1.29, 1.82) is 0 Å². The van der Waals surface area contributed by atoms with Crippen LogP contribution in [-0.4, -0.2) is 49.0 Å². The van der Waals surface area contributed by atoms with E-state index < -0.39 is 0 Å². The number of nitrogens with zero attached hydrogens (tertiary/aromatic N) is 2. The van der Waals surface area contributed by atoms with Crippen molar-refractivity contribution >= 4 is 17.5 Å². The summed E-state index contributed by atoms with van der Waals surface area (Å²) in [6.07, 6.45) is 0. The lowest BCUT2D eigenvalue weighted by molar-refractivity contribution is 0.0628. The SMILES string of the molecule is COc1cccc(CN2CCN(C(=O)c3cccc(Cl)c3)CC2)c1. The van der Waals surface area contributed by atoms with Gasteiger partial charge < -0.3 is 9.64 Å². The van der Waals surface area contributed by atoms with Gasteiger partial charge in [0.05, 0.1) is 7.11 Å². The van der Waals surface area contributed by atoms with Crippen LogP contribution < -0.4 is 4.74 Å². The van der Waals surface area contributed by atoms with Gasteiger partial charge in [0.15, 0.2) is 0 Å². The highest BCUT2D eigenvalue weighted by Gasteiger charge is 2.22. The fraction of sp³-hybridized carbons (Fsp3) is 0.316. The molecule has 0 unspecified atom stereocenters. The normalized spacial score (nSPS) is 15.3. The van der Waals surface area contributed by atoms with Crippen molar-refractivity contribution in [2.24, 2.45) is 0 Å². The maximum absolute atomic E-state index is 12.5. The molecule has 0 aromatic heterocycles. The lowest BCUT2D eigenvalue weighted by Gasteiger charge is -2.34. The van der Waals surface area contributed by atoms with Crippen LogP contribution in [0.25, 0.3) is 0 Å². The molecule has 0 radical (unpaired) electrons. The van der Waals surface area contributed by atoms with E-state index in [0.29, 0.717) is 10.6 Å². The molecule has 0 N–H and O–H groups in total. The minimum absolute atomic E-state index is 0.0542. The first kappa shape index (κ1) is 16.8. The molecule has 3 rings (SSSR count). The van der Waals surface area contributed by atoms with Gasteiger partial charge in [-0.2, -0.15) is 0 Å². The molecule has 0 bridgehead atoms. The van der Waals surface area contributed by atoms with Gasteiger partial charge in [-0.05, 0) is 35.9 Å². The molecule has 24 heavy (non-hydrogen) atoms. The van der Waals surface area contributed by atoms with Crippen molar-refractivity contribution in [3.63, 3.8) is 0 Å². The van der Waals surface area contributed by atoms with Crippen LogP contribution in [0.2, 0.25) is 5.02 Å². The third-order valence-corrected chi connectivity index (χ3v) is 4.51. The van der Waals surface area contributed by atoms with E-state index >= 15 is 0 Å². The summed E-state index contributed by atoms with van der Waals surface area (Å²) in [5.41, 5.74) is 1.88. The zero-order valence-electron chi connectivity index (χ0n) is 13.7. The first-order valence-electron chi connectivity index (χ1n) is 8.06. The molecule has 126 valence electrons. The van der Waals surface area contributed by atoms with E-state index in [2.05, 4.69) is 17.0 Å². The molecule has 0 aliphatic carbocycles. The quantitative estimate of drug-likeness (QED) is 0.853. The molecule has 1 fully saturated rings.